The van der Waals surface area contributed by atoms with Crippen molar-refractivity contribution in [2.75, 3.05) is 0 Å². The molecular formula is C24H40O6Si3. The van der Waals surface area contributed by atoms with E-state index in [1.165, 1.54) is 0 Å². The Balaban J connectivity index is 2.64. The molecule has 0 unspecified atom stereocenters. The summed E-state index contributed by atoms with van der Waals surface area (Å²) in [7, 11) is -8.51. The number of hydrogen-bond acceptors (Lipinski definition) is 6. The summed E-state index contributed by atoms with van der Waals surface area (Å²) in [4.78, 5) is 0. The van der Waals surface area contributed by atoms with Gasteiger partial charge in [-0.1, -0.05) is 60.7 Å². The summed E-state index contributed by atoms with van der Waals surface area (Å²) in [5.41, 5.74) is 0. The molecule has 2 aromatic rings. The van der Waals surface area contributed by atoms with E-state index in [2.05, 4.69) is 0 Å². The lowest BCUT2D eigenvalue weighted by molar-refractivity contribution is 0.0627. The highest BCUT2D eigenvalue weighted by molar-refractivity contribution is 6.97. The Morgan fingerprint density at radius 3 is 1.00 bits per heavy atom. The van der Waals surface area contributed by atoms with Crippen LogP contribution in [0.1, 0.15) is 55.4 Å². The van der Waals surface area contributed by atoms with Crippen molar-refractivity contribution in [2.24, 2.45) is 0 Å². The number of hydrogen-bond donors (Lipinski definition) is 0. The fourth-order valence-corrected chi connectivity index (χ4v) is 12.6. The first-order chi connectivity index (χ1) is 15.6. The molecule has 0 aliphatic carbocycles. The van der Waals surface area contributed by atoms with Crippen LogP contribution in [0.15, 0.2) is 60.7 Å². The number of rotatable bonds is 14. The van der Waals surface area contributed by atoms with Crippen LogP contribution in [0.2, 0.25) is 0 Å². The largest absolute Gasteiger partial charge is 0.476 e. The van der Waals surface area contributed by atoms with E-state index in [0.29, 0.717) is 0 Å². The van der Waals surface area contributed by atoms with Gasteiger partial charge in [-0.25, -0.2) is 0 Å². The third kappa shape index (κ3) is 9.19. The fraction of sp³-hybridized carbons (Fsp3) is 0.500. The summed E-state index contributed by atoms with van der Waals surface area (Å²) in [5, 5.41) is 1.93. The van der Waals surface area contributed by atoms with E-state index in [0.717, 1.165) is 10.4 Å². The maximum Gasteiger partial charge on any atom is 0.476 e. The van der Waals surface area contributed by atoms with Crippen molar-refractivity contribution in [1.82, 2.24) is 0 Å². The maximum atomic E-state index is 6.91. The minimum absolute atomic E-state index is 0.0365. The summed E-state index contributed by atoms with van der Waals surface area (Å²) in [5.74, 6) is 0. The lowest BCUT2D eigenvalue weighted by Gasteiger charge is -2.37. The molecule has 0 aliphatic rings. The van der Waals surface area contributed by atoms with Gasteiger partial charge in [0, 0.05) is 24.4 Å². The van der Waals surface area contributed by atoms with Gasteiger partial charge in [-0.05, 0) is 65.8 Å². The lowest BCUT2D eigenvalue weighted by atomic mass is 10.4. The van der Waals surface area contributed by atoms with Gasteiger partial charge < -0.3 is 25.9 Å². The van der Waals surface area contributed by atoms with Crippen LogP contribution in [-0.4, -0.2) is 52.0 Å². The number of benzene rings is 2. The van der Waals surface area contributed by atoms with Crippen molar-refractivity contribution in [2.45, 2.75) is 79.8 Å². The first-order valence-electron chi connectivity index (χ1n) is 11.7. The summed E-state index contributed by atoms with van der Waals surface area (Å²) in [6, 6.07) is 20.2. The Kier molecular flexibility index (Phi) is 11.6. The Morgan fingerprint density at radius 2 is 0.758 bits per heavy atom. The zero-order chi connectivity index (χ0) is 24.4. The standard InChI is InChI=1S/C24H40O6Si3/c1-19(2)25-31(26-20(3)4)29-33(23-15-11-9-12-16-23,24-17-13-10-14-18-24)30-32(27-21(5)6)28-22(7)8/h9-22,31-32H,1-8H3. The first kappa shape index (κ1) is 28.1. The molecule has 0 aromatic heterocycles. The van der Waals surface area contributed by atoms with Crippen molar-refractivity contribution in [3.8, 4) is 0 Å². The Bertz CT molecular complexity index is 702. The Labute approximate surface area is 204 Å². The highest BCUT2D eigenvalue weighted by Crippen LogP contribution is 2.18. The van der Waals surface area contributed by atoms with Gasteiger partial charge in [0.2, 0.25) is 0 Å². The third-order valence-corrected chi connectivity index (χ3v) is 13.8. The molecule has 9 heteroatoms. The molecular weight excluding hydrogens is 469 g/mol. The van der Waals surface area contributed by atoms with Crippen LogP contribution in [0, 0.1) is 0 Å². The van der Waals surface area contributed by atoms with Crippen molar-refractivity contribution >= 4 is 38.0 Å². The maximum absolute atomic E-state index is 6.91. The van der Waals surface area contributed by atoms with Crippen molar-refractivity contribution in [3.05, 3.63) is 60.7 Å². The van der Waals surface area contributed by atoms with Gasteiger partial charge >= 0.3 is 27.6 Å². The molecule has 33 heavy (non-hydrogen) atoms. The summed E-state index contributed by atoms with van der Waals surface area (Å²) >= 11 is 0. The van der Waals surface area contributed by atoms with E-state index >= 15 is 0 Å². The average molecular weight is 509 g/mol. The molecule has 2 rings (SSSR count). The molecule has 0 fully saturated rings. The van der Waals surface area contributed by atoms with Crippen LogP contribution < -0.4 is 10.4 Å². The van der Waals surface area contributed by atoms with Crippen molar-refractivity contribution in [1.29, 1.82) is 0 Å². The third-order valence-electron chi connectivity index (χ3n) is 4.37. The van der Waals surface area contributed by atoms with Gasteiger partial charge in [-0.2, -0.15) is 0 Å². The summed E-state index contributed by atoms with van der Waals surface area (Å²) in [6.45, 7) is 15.9. The van der Waals surface area contributed by atoms with E-state index in [4.69, 9.17) is 25.9 Å². The minimum Gasteiger partial charge on any atom is -0.389 e. The second-order valence-corrected chi connectivity index (χ2v) is 15.4. The molecule has 0 radical (unpaired) electrons. The van der Waals surface area contributed by atoms with Crippen LogP contribution in [0.25, 0.3) is 0 Å². The van der Waals surface area contributed by atoms with Crippen LogP contribution in [0.4, 0.5) is 0 Å². The fourth-order valence-electron chi connectivity index (χ4n) is 3.12. The molecule has 0 amide bonds. The summed E-state index contributed by atoms with van der Waals surface area (Å²) in [6.07, 6.45) is -0.146. The van der Waals surface area contributed by atoms with E-state index in [1.807, 2.05) is 116 Å². The monoisotopic (exact) mass is 508 g/mol. The van der Waals surface area contributed by atoms with Gasteiger partial charge in [0.25, 0.3) is 0 Å². The quantitative estimate of drug-likeness (QED) is 0.365. The average Bonchev–Trinajstić information content (AvgIpc) is 2.72. The van der Waals surface area contributed by atoms with Crippen LogP contribution in [0.5, 0.6) is 0 Å². The molecule has 0 bridgehead atoms. The van der Waals surface area contributed by atoms with E-state index in [-0.39, 0.29) is 24.4 Å². The van der Waals surface area contributed by atoms with E-state index in [9.17, 15) is 0 Å². The van der Waals surface area contributed by atoms with E-state index in [1.54, 1.807) is 0 Å². The van der Waals surface area contributed by atoms with Crippen molar-refractivity contribution in [3.63, 3.8) is 0 Å². The summed E-state index contributed by atoms with van der Waals surface area (Å²) < 4.78 is 38.6. The SMILES string of the molecule is CC(C)O[SiH](OC(C)C)O[Si](O[SiH](OC(C)C)OC(C)C)(c1ccccc1)c1ccccc1. The van der Waals surface area contributed by atoms with Crippen LogP contribution in [0.3, 0.4) is 0 Å². The molecule has 0 spiro atoms. The lowest BCUT2D eigenvalue weighted by Crippen LogP contribution is -2.68. The molecule has 6 nitrogen and oxygen atoms in total. The van der Waals surface area contributed by atoms with E-state index < -0.39 is 27.6 Å². The molecule has 0 atom stereocenters. The van der Waals surface area contributed by atoms with Crippen LogP contribution in [-0.2, 0) is 25.9 Å². The normalized spacial score (nSPS) is 12.8. The van der Waals surface area contributed by atoms with Gasteiger partial charge in [-0.15, -0.1) is 0 Å². The minimum atomic E-state index is -3.32. The van der Waals surface area contributed by atoms with Gasteiger partial charge in [0.05, 0.1) is 0 Å². The highest BCUT2D eigenvalue weighted by atomic mass is 28.5. The van der Waals surface area contributed by atoms with Gasteiger partial charge in [0.1, 0.15) is 0 Å². The second-order valence-electron chi connectivity index (χ2n) is 8.90. The molecule has 0 saturated heterocycles. The predicted octanol–water partition coefficient (Wildman–Crippen LogP) is 3.41. The Hall–Kier alpha value is -1.15. The smallest absolute Gasteiger partial charge is 0.389 e. The second kappa shape index (κ2) is 13.7. The molecule has 0 heterocycles. The molecule has 2 aromatic carbocycles. The molecule has 0 N–H and O–H groups in total. The molecule has 0 saturated carbocycles. The zero-order valence-electron chi connectivity index (χ0n) is 21.2. The predicted molar refractivity (Wildman–Crippen MR) is 139 cm³/mol. The van der Waals surface area contributed by atoms with Crippen LogP contribution >= 0.6 is 0 Å². The molecule has 184 valence electrons. The first-order valence-corrected chi connectivity index (χ1v) is 16.4. The van der Waals surface area contributed by atoms with Gasteiger partial charge in [0.15, 0.2) is 0 Å². The van der Waals surface area contributed by atoms with Gasteiger partial charge in [-0.3, -0.25) is 0 Å². The van der Waals surface area contributed by atoms with Crippen molar-refractivity contribution < 1.29 is 25.9 Å². The molecule has 0 aliphatic heterocycles. The topological polar surface area (TPSA) is 55.4 Å². The zero-order valence-corrected chi connectivity index (χ0v) is 24.5. The highest BCUT2D eigenvalue weighted by Gasteiger charge is 2.49. The Morgan fingerprint density at radius 1 is 0.485 bits per heavy atom.